The lowest BCUT2D eigenvalue weighted by Crippen LogP contribution is -2.14. The third-order valence-electron chi connectivity index (χ3n) is 3.80. The van der Waals surface area contributed by atoms with Gasteiger partial charge in [0.05, 0.1) is 12.6 Å². The van der Waals surface area contributed by atoms with Gasteiger partial charge in [-0.05, 0) is 43.3 Å². The minimum absolute atomic E-state index is 0.244. The van der Waals surface area contributed by atoms with Gasteiger partial charge in [-0.15, -0.1) is 0 Å². The molecule has 0 unspecified atom stereocenters. The fourth-order valence-electron chi connectivity index (χ4n) is 2.53. The van der Waals surface area contributed by atoms with Gasteiger partial charge in [-0.25, -0.2) is 0 Å². The second kappa shape index (κ2) is 7.23. The number of hydrogen-bond acceptors (Lipinski definition) is 5. The summed E-state index contributed by atoms with van der Waals surface area (Å²) in [7, 11) is 1.55. The minimum Gasteiger partial charge on any atom is -0.493 e. The number of carbonyl (C=O) groups is 1. The van der Waals surface area contributed by atoms with E-state index in [-0.39, 0.29) is 5.91 Å². The van der Waals surface area contributed by atoms with E-state index in [1.54, 1.807) is 25.3 Å². The van der Waals surface area contributed by atoms with E-state index in [9.17, 15) is 4.79 Å². The molecular weight excluding hydrogens is 320 g/mol. The number of nitrogens with one attached hydrogen (secondary N) is 2. The van der Waals surface area contributed by atoms with Crippen LogP contribution in [-0.4, -0.2) is 36.4 Å². The van der Waals surface area contributed by atoms with Crippen molar-refractivity contribution in [3.63, 3.8) is 0 Å². The van der Waals surface area contributed by atoms with Crippen molar-refractivity contribution in [3.05, 3.63) is 47.7 Å². The summed E-state index contributed by atoms with van der Waals surface area (Å²) in [6.07, 6.45) is 0. The van der Waals surface area contributed by atoms with Crippen LogP contribution in [0.5, 0.6) is 11.5 Å². The molecule has 0 aliphatic heterocycles. The van der Waals surface area contributed by atoms with E-state index in [1.165, 1.54) is 0 Å². The standard InChI is InChI=1S/C18H20N4O3/c1-11-14-5-4-13(10-15(14)22-21-11)20-18(23)12-3-6-16(24-2)17(9-12)25-8-7-19/h3-6,9-10H,7-8,19H2,1-2H3,(H,20,23)(H,21,22). The molecular formula is C18H20N4O3. The highest BCUT2D eigenvalue weighted by Gasteiger charge is 2.12. The number of aryl methyl sites for hydroxylation is 1. The molecule has 0 saturated carbocycles. The molecule has 3 aromatic rings. The van der Waals surface area contributed by atoms with Gasteiger partial charge in [0.2, 0.25) is 0 Å². The van der Waals surface area contributed by atoms with Crippen LogP contribution in [-0.2, 0) is 0 Å². The predicted molar refractivity (Wildman–Crippen MR) is 96.3 cm³/mol. The number of anilines is 1. The van der Waals surface area contributed by atoms with Crippen LogP contribution < -0.4 is 20.5 Å². The summed E-state index contributed by atoms with van der Waals surface area (Å²) in [5, 5.41) is 11.0. The molecule has 130 valence electrons. The lowest BCUT2D eigenvalue weighted by Gasteiger charge is -2.12. The normalized spacial score (nSPS) is 10.7. The number of hydrogen-bond donors (Lipinski definition) is 3. The van der Waals surface area contributed by atoms with Crippen molar-refractivity contribution in [1.29, 1.82) is 0 Å². The summed E-state index contributed by atoms with van der Waals surface area (Å²) in [6, 6.07) is 10.6. The molecule has 25 heavy (non-hydrogen) atoms. The Balaban J connectivity index is 1.81. The second-order valence-electron chi connectivity index (χ2n) is 5.54. The zero-order valence-corrected chi connectivity index (χ0v) is 14.1. The van der Waals surface area contributed by atoms with Crippen LogP contribution >= 0.6 is 0 Å². The first kappa shape index (κ1) is 16.8. The van der Waals surface area contributed by atoms with Crippen LogP contribution in [0.2, 0.25) is 0 Å². The van der Waals surface area contributed by atoms with E-state index in [4.69, 9.17) is 15.2 Å². The summed E-state index contributed by atoms with van der Waals surface area (Å²) >= 11 is 0. The lowest BCUT2D eigenvalue weighted by molar-refractivity contribution is 0.102. The molecule has 1 amide bonds. The first-order valence-electron chi connectivity index (χ1n) is 7.89. The number of fused-ring (bicyclic) bond motifs is 1. The fraction of sp³-hybridized carbons (Fsp3) is 0.222. The molecule has 4 N–H and O–H groups in total. The SMILES string of the molecule is COc1ccc(C(=O)Nc2ccc3c(C)[nH]nc3c2)cc1OCCN. The number of methoxy groups -OCH3 is 1. The van der Waals surface area contributed by atoms with Gasteiger partial charge in [0.25, 0.3) is 5.91 Å². The van der Waals surface area contributed by atoms with Crippen LogP contribution in [0.4, 0.5) is 5.69 Å². The summed E-state index contributed by atoms with van der Waals surface area (Å²) in [5.41, 5.74) is 8.39. The Morgan fingerprint density at radius 2 is 2.08 bits per heavy atom. The maximum absolute atomic E-state index is 12.5. The van der Waals surface area contributed by atoms with Crippen molar-refractivity contribution in [1.82, 2.24) is 10.2 Å². The van der Waals surface area contributed by atoms with E-state index in [2.05, 4.69) is 15.5 Å². The molecule has 1 heterocycles. The summed E-state index contributed by atoms with van der Waals surface area (Å²) in [6.45, 7) is 2.67. The average Bonchev–Trinajstić information content (AvgIpc) is 3.00. The topological polar surface area (TPSA) is 102 Å². The molecule has 7 nitrogen and oxygen atoms in total. The van der Waals surface area contributed by atoms with Crippen LogP contribution in [0.15, 0.2) is 36.4 Å². The number of benzene rings is 2. The molecule has 0 atom stereocenters. The van der Waals surface area contributed by atoms with E-state index >= 15 is 0 Å². The number of carbonyl (C=O) groups excluding carboxylic acids is 1. The van der Waals surface area contributed by atoms with E-state index in [0.29, 0.717) is 35.9 Å². The van der Waals surface area contributed by atoms with Gasteiger partial charge in [0.15, 0.2) is 11.5 Å². The van der Waals surface area contributed by atoms with Crippen LogP contribution in [0, 0.1) is 6.92 Å². The Hall–Kier alpha value is -3.06. The van der Waals surface area contributed by atoms with Crippen molar-refractivity contribution < 1.29 is 14.3 Å². The van der Waals surface area contributed by atoms with Gasteiger partial charge in [-0.3, -0.25) is 9.89 Å². The number of aromatic nitrogens is 2. The monoisotopic (exact) mass is 340 g/mol. The highest BCUT2D eigenvalue weighted by atomic mass is 16.5. The zero-order valence-electron chi connectivity index (χ0n) is 14.1. The Morgan fingerprint density at radius 3 is 2.84 bits per heavy atom. The van der Waals surface area contributed by atoms with Gasteiger partial charge in [-0.1, -0.05) is 0 Å². The first-order chi connectivity index (χ1) is 12.1. The van der Waals surface area contributed by atoms with Crippen LogP contribution in [0.3, 0.4) is 0 Å². The van der Waals surface area contributed by atoms with E-state index in [1.807, 2.05) is 25.1 Å². The molecule has 0 radical (unpaired) electrons. The number of ether oxygens (including phenoxy) is 2. The Bertz CT molecular complexity index is 904. The number of rotatable bonds is 6. The molecule has 0 fully saturated rings. The van der Waals surface area contributed by atoms with Crippen molar-refractivity contribution in [2.24, 2.45) is 5.73 Å². The highest BCUT2D eigenvalue weighted by Crippen LogP contribution is 2.28. The largest absolute Gasteiger partial charge is 0.493 e. The number of nitrogens with zero attached hydrogens (tertiary/aromatic N) is 1. The van der Waals surface area contributed by atoms with Crippen molar-refractivity contribution in [2.75, 3.05) is 25.6 Å². The molecule has 0 saturated heterocycles. The number of aromatic amines is 1. The molecule has 1 aromatic heterocycles. The summed E-state index contributed by atoms with van der Waals surface area (Å²) < 4.78 is 10.8. The number of amides is 1. The van der Waals surface area contributed by atoms with Gasteiger partial charge in [-0.2, -0.15) is 5.10 Å². The second-order valence-corrected chi connectivity index (χ2v) is 5.54. The molecule has 7 heteroatoms. The molecule has 2 aromatic carbocycles. The summed E-state index contributed by atoms with van der Waals surface area (Å²) in [4.78, 5) is 12.5. The Kier molecular flexibility index (Phi) is 4.85. The van der Waals surface area contributed by atoms with Gasteiger partial charge >= 0.3 is 0 Å². The van der Waals surface area contributed by atoms with Crippen molar-refractivity contribution >= 4 is 22.5 Å². The highest BCUT2D eigenvalue weighted by molar-refractivity contribution is 6.05. The third kappa shape index (κ3) is 3.56. The Labute approximate surface area is 145 Å². The fourth-order valence-corrected chi connectivity index (χ4v) is 2.53. The van der Waals surface area contributed by atoms with Crippen molar-refractivity contribution in [2.45, 2.75) is 6.92 Å². The average molecular weight is 340 g/mol. The van der Waals surface area contributed by atoms with Crippen molar-refractivity contribution in [3.8, 4) is 11.5 Å². The smallest absolute Gasteiger partial charge is 0.255 e. The van der Waals surface area contributed by atoms with Crippen LogP contribution in [0.25, 0.3) is 10.9 Å². The molecule has 0 bridgehead atoms. The van der Waals surface area contributed by atoms with Crippen LogP contribution in [0.1, 0.15) is 16.1 Å². The van der Waals surface area contributed by atoms with E-state index in [0.717, 1.165) is 16.6 Å². The molecule has 0 spiro atoms. The maximum Gasteiger partial charge on any atom is 0.255 e. The Morgan fingerprint density at radius 1 is 1.24 bits per heavy atom. The third-order valence-corrected chi connectivity index (χ3v) is 3.80. The molecule has 0 aliphatic rings. The van der Waals surface area contributed by atoms with Gasteiger partial charge in [0, 0.05) is 28.9 Å². The number of nitrogens with two attached hydrogens (primary N) is 1. The molecule has 3 rings (SSSR count). The quantitative estimate of drug-likeness (QED) is 0.640. The summed E-state index contributed by atoms with van der Waals surface area (Å²) in [5.74, 6) is 0.796. The van der Waals surface area contributed by atoms with Gasteiger partial charge < -0.3 is 20.5 Å². The molecule has 0 aliphatic carbocycles. The van der Waals surface area contributed by atoms with Gasteiger partial charge in [0.1, 0.15) is 6.61 Å². The first-order valence-corrected chi connectivity index (χ1v) is 7.89. The van der Waals surface area contributed by atoms with E-state index < -0.39 is 0 Å². The maximum atomic E-state index is 12.5. The zero-order chi connectivity index (χ0) is 17.8. The lowest BCUT2D eigenvalue weighted by atomic mass is 10.1. The number of H-pyrrole nitrogens is 1. The predicted octanol–water partition coefficient (Wildman–Crippen LogP) is 2.47. The minimum atomic E-state index is -0.244.